The summed E-state index contributed by atoms with van der Waals surface area (Å²) in [6.07, 6.45) is 7.60. The van der Waals surface area contributed by atoms with Crippen molar-refractivity contribution in [2.24, 2.45) is 0 Å². The summed E-state index contributed by atoms with van der Waals surface area (Å²) in [5.41, 5.74) is 0.927. The molecule has 0 bridgehead atoms. The van der Waals surface area contributed by atoms with Crippen LogP contribution < -0.4 is 0 Å². The highest BCUT2D eigenvalue weighted by Gasteiger charge is 2.29. The van der Waals surface area contributed by atoms with Crippen molar-refractivity contribution in [2.75, 3.05) is 13.1 Å². The molecule has 1 aliphatic heterocycles. The van der Waals surface area contributed by atoms with Crippen molar-refractivity contribution in [3.63, 3.8) is 0 Å². The van der Waals surface area contributed by atoms with Crippen molar-refractivity contribution in [1.29, 1.82) is 0 Å². The maximum absolute atomic E-state index is 12.9. The van der Waals surface area contributed by atoms with Crippen LogP contribution in [0, 0.1) is 0 Å². The monoisotopic (exact) mass is 386 g/mol. The first-order valence-corrected chi connectivity index (χ1v) is 10.3. The molecule has 1 aliphatic rings. The van der Waals surface area contributed by atoms with Gasteiger partial charge in [-0.05, 0) is 37.6 Å². The summed E-state index contributed by atoms with van der Waals surface area (Å²) in [4.78, 5) is 38.2. The van der Waals surface area contributed by atoms with Gasteiger partial charge in [0.2, 0.25) is 11.8 Å². The minimum Gasteiger partial charge on any atom is -0.342 e. The van der Waals surface area contributed by atoms with Crippen LogP contribution in [-0.4, -0.2) is 50.7 Å². The smallest absolute Gasteiger partial charge is 0.230 e. The standard InChI is InChI=1S/C20H26N4O2S/c1-15(19-6-4-10-27-19)20(26)23-8-3-5-18(7-9-23)24(16(2)25)13-17-11-21-14-22-12-17/h4,6,10-12,14-15,18H,3,5,7-9,13H2,1-2H3/t15-,18+/m0/s1. The number of likely N-dealkylation sites (tertiary alicyclic amines) is 1. The Hall–Kier alpha value is -2.28. The molecule has 6 nitrogen and oxygen atoms in total. The summed E-state index contributed by atoms with van der Waals surface area (Å²) >= 11 is 1.63. The van der Waals surface area contributed by atoms with Gasteiger partial charge in [0.1, 0.15) is 6.33 Å². The second kappa shape index (κ2) is 9.08. The molecule has 0 radical (unpaired) electrons. The van der Waals surface area contributed by atoms with Gasteiger partial charge in [-0.15, -0.1) is 11.3 Å². The van der Waals surface area contributed by atoms with Crippen LogP contribution in [0.15, 0.2) is 36.2 Å². The Morgan fingerprint density at radius 2 is 2.07 bits per heavy atom. The molecule has 27 heavy (non-hydrogen) atoms. The third-order valence-electron chi connectivity index (χ3n) is 5.16. The fourth-order valence-corrected chi connectivity index (χ4v) is 4.43. The molecule has 0 aromatic carbocycles. The van der Waals surface area contributed by atoms with E-state index >= 15 is 0 Å². The lowest BCUT2D eigenvalue weighted by molar-refractivity contribution is -0.132. The van der Waals surface area contributed by atoms with E-state index in [2.05, 4.69) is 9.97 Å². The fraction of sp³-hybridized carbons (Fsp3) is 0.500. The zero-order valence-electron chi connectivity index (χ0n) is 15.9. The lowest BCUT2D eigenvalue weighted by Gasteiger charge is -2.30. The Morgan fingerprint density at radius 1 is 1.30 bits per heavy atom. The van der Waals surface area contributed by atoms with Gasteiger partial charge in [0, 0.05) is 55.4 Å². The highest BCUT2D eigenvalue weighted by Crippen LogP contribution is 2.25. The summed E-state index contributed by atoms with van der Waals surface area (Å²) in [5.74, 6) is 0.131. The van der Waals surface area contributed by atoms with E-state index in [0.717, 1.165) is 36.2 Å². The molecule has 2 aromatic heterocycles. The molecule has 144 valence electrons. The number of amides is 2. The zero-order chi connectivity index (χ0) is 19.2. The predicted octanol–water partition coefficient (Wildman–Crippen LogP) is 3.07. The van der Waals surface area contributed by atoms with Crippen molar-refractivity contribution in [1.82, 2.24) is 19.8 Å². The maximum Gasteiger partial charge on any atom is 0.230 e. The fourth-order valence-electron chi connectivity index (χ4n) is 3.65. The zero-order valence-corrected chi connectivity index (χ0v) is 16.7. The first-order chi connectivity index (χ1) is 13.1. The quantitative estimate of drug-likeness (QED) is 0.792. The predicted molar refractivity (Wildman–Crippen MR) is 105 cm³/mol. The van der Waals surface area contributed by atoms with Crippen molar-refractivity contribution < 1.29 is 9.59 Å². The number of carbonyl (C=O) groups excluding carboxylic acids is 2. The lowest BCUT2D eigenvalue weighted by atomic mass is 10.1. The van der Waals surface area contributed by atoms with Gasteiger partial charge >= 0.3 is 0 Å². The number of hydrogen-bond donors (Lipinski definition) is 0. The van der Waals surface area contributed by atoms with E-state index in [4.69, 9.17) is 0 Å². The Bertz CT molecular complexity index is 751. The number of nitrogens with zero attached hydrogens (tertiary/aromatic N) is 4. The van der Waals surface area contributed by atoms with Gasteiger partial charge in [-0.3, -0.25) is 9.59 Å². The summed E-state index contributed by atoms with van der Waals surface area (Å²) in [7, 11) is 0. The third kappa shape index (κ3) is 4.91. The molecule has 1 saturated heterocycles. The summed E-state index contributed by atoms with van der Waals surface area (Å²) in [6.45, 7) is 5.55. The molecule has 0 unspecified atom stereocenters. The minimum atomic E-state index is -0.105. The van der Waals surface area contributed by atoms with Crippen LogP contribution in [0.1, 0.15) is 49.5 Å². The number of thiophene rings is 1. The van der Waals surface area contributed by atoms with Gasteiger partial charge in [0.05, 0.1) is 5.92 Å². The summed E-state index contributed by atoms with van der Waals surface area (Å²) in [5, 5.41) is 2.01. The van der Waals surface area contributed by atoms with Gasteiger partial charge < -0.3 is 9.80 Å². The number of hydrogen-bond acceptors (Lipinski definition) is 5. The molecule has 2 aromatic rings. The topological polar surface area (TPSA) is 66.4 Å². The van der Waals surface area contributed by atoms with Crippen molar-refractivity contribution in [3.05, 3.63) is 46.7 Å². The maximum atomic E-state index is 12.9. The van der Waals surface area contributed by atoms with Gasteiger partial charge in [0.25, 0.3) is 0 Å². The molecule has 2 atom stereocenters. The Kier molecular flexibility index (Phi) is 6.55. The van der Waals surface area contributed by atoms with Gasteiger partial charge in [-0.1, -0.05) is 6.07 Å². The van der Waals surface area contributed by atoms with E-state index in [9.17, 15) is 9.59 Å². The van der Waals surface area contributed by atoms with Crippen molar-refractivity contribution in [3.8, 4) is 0 Å². The Labute approximate surface area is 164 Å². The largest absolute Gasteiger partial charge is 0.342 e. The Balaban J connectivity index is 1.64. The van der Waals surface area contributed by atoms with Crippen LogP contribution in [-0.2, 0) is 16.1 Å². The second-order valence-electron chi connectivity index (χ2n) is 7.04. The van der Waals surface area contributed by atoms with E-state index in [1.807, 2.05) is 34.2 Å². The second-order valence-corrected chi connectivity index (χ2v) is 8.02. The molecule has 1 fully saturated rings. The summed E-state index contributed by atoms with van der Waals surface area (Å²) in [6, 6.07) is 4.14. The van der Waals surface area contributed by atoms with E-state index in [-0.39, 0.29) is 23.8 Å². The molecule has 0 spiro atoms. The summed E-state index contributed by atoms with van der Waals surface area (Å²) < 4.78 is 0. The number of aromatic nitrogens is 2. The van der Waals surface area contributed by atoms with Gasteiger partial charge in [-0.25, -0.2) is 9.97 Å². The highest BCUT2D eigenvalue weighted by molar-refractivity contribution is 7.10. The van der Waals surface area contributed by atoms with E-state index in [0.29, 0.717) is 13.1 Å². The number of carbonyl (C=O) groups is 2. The molecular formula is C20H26N4O2S. The normalized spacial score (nSPS) is 18.6. The minimum absolute atomic E-state index is 0.0515. The van der Waals surface area contributed by atoms with Gasteiger partial charge in [0.15, 0.2) is 0 Å². The van der Waals surface area contributed by atoms with E-state index in [1.54, 1.807) is 30.7 Å². The average molecular weight is 387 g/mol. The molecule has 0 aliphatic carbocycles. The molecule has 0 saturated carbocycles. The van der Waals surface area contributed by atoms with Crippen LogP contribution in [0.4, 0.5) is 0 Å². The molecule has 2 amide bonds. The third-order valence-corrected chi connectivity index (χ3v) is 6.22. The molecular weight excluding hydrogens is 360 g/mol. The average Bonchev–Trinajstić information content (AvgIpc) is 3.11. The Morgan fingerprint density at radius 3 is 2.74 bits per heavy atom. The van der Waals surface area contributed by atoms with Crippen LogP contribution in [0.5, 0.6) is 0 Å². The van der Waals surface area contributed by atoms with Crippen LogP contribution in [0.2, 0.25) is 0 Å². The first-order valence-electron chi connectivity index (χ1n) is 9.39. The SMILES string of the molecule is CC(=O)N(Cc1cncnc1)[C@@H]1CCCN(C(=O)[C@@H](C)c2cccs2)CC1. The van der Waals surface area contributed by atoms with Crippen LogP contribution in [0.25, 0.3) is 0 Å². The molecule has 7 heteroatoms. The van der Waals surface area contributed by atoms with Crippen LogP contribution in [0.3, 0.4) is 0 Å². The van der Waals surface area contributed by atoms with E-state index in [1.165, 1.54) is 6.33 Å². The first kappa shape index (κ1) is 19.5. The van der Waals surface area contributed by atoms with E-state index < -0.39 is 0 Å². The molecule has 3 heterocycles. The lowest BCUT2D eigenvalue weighted by Crippen LogP contribution is -2.40. The molecule has 3 rings (SSSR count). The van der Waals surface area contributed by atoms with Crippen molar-refractivity contribution >= 4 is 23.2 Å². The molecule has 0 N–H and O–H groups in total. The highest BCUT2D eigenvalue weighted by atomic mass is 32.1. The number of rotatable bonds is 5. The van der Waals surface area contributed by atoms with Crippen molar-refractivity contribution in [2.45, 2.75) is 51.6 Å². The van der Waals surface area contributed by atoms with Crippen LogP contribution >= 0.6 is 11.3 Å². The van der Waals surface area contributed by atoms with Gasteiger partial charge in [-0.2, -0.15) is 0 Å².